The van der Waals surface area contributed by atoms with Crippen molar-refractivity contribution >= 4 is 11.9 Å². The minimum absolute atomic E-state index is 0.104. The van der Waals surface area contributed by atoms with Gasteiger partial charge in [-0.2, -0.15) is 0 Å². The number of rotatable bonds is 3. The van der Waals surface area contributed by atoms with Gasteiger partial charge in [0.25, 0.3) is 0 Å². The van der Waals surface area contributed by atoms with E-state index < -0.39 is 17.3 Å². The molecule has 2 rings (SSSR count). The number of hydrogen-bond donors (Lipinski definition) is 3. The number of carbonyl (C=O) groups excluding carboxylic acids is 1. The van der Waals surface area contributed by atoms with Gasteiger partial charge in [-0.3, -0.25) is 9.59 Å². The predicted molar refractivity (Wildman–Crippen MR) is 66.8 cm³/mol. The molecule has 0 aromatic rings. The van der Waals surface area contributed by atoms with E-state index in [0.29, 0.717) is 0 Å². The van der Waals surface area contributed by atoms with E-state index >= 15 is 0 Å². The number of carbonyl (C=O) groups is 2. The molecule has 0 unspecified atom stereocenters. The highest BCUT2D eigenvalue weighted by Gasteiger charge is 2.65. The Hall–Kier alpha value is -1.10. The van der Waals surface area contributed by atoms with E-state index in [1.807, 2.05) is 13.8 Å². The van der Waals surface area contributed by atoms with Crippen LogP contribution in [-0.4, -0.2) is 29.1 Å². The standard InChI is InChI=1S/C13H22N2O3/c1-13(2)9(10(13)12(17)18)11(16)15-8-5-3-7(14)4-6-8/h7-10H,3-6,14H2,1-2H3,(H,15,16)(H,17,18)/t7?,8?,9-,10+/m1/s1. The molecule has 2 fully saturated rings. The van der Waals surface area contributed by atoms with Crippen molar-refractivity contribution in [3.63, 3.8) is 0 Å². The Morgan fingerprint density at radius 3 is 2.17 bits per heavy atom. The Balaban J connectivity index is 1.88. The van der Waals surface area contributed by atoms with Crippen LogP contribution in [0.25, 0.3) is 0 Å². The lowest BCUT2D eigenvalue weighted by Gasteiger charge is -2.27. The summed E-state index contributed by atoms with van der Waals surface area (Å²) in [5.74, 6) is -1.90. The summed E-state index contributed by atoms with van der Waals surface area (Å²) in [6.45, 7) is 3.68. The Bertz CT molecular complexity index is 359. The minimum Gasteiger partial charge on any atom is -0.481 e. The fourth-order valence-corrected chi connectivity index (χ4v) is 3.14. The van der Waals surface area contributed by atoms with Crippen LogP contribution in [0.5, 0.6) is 0 Å². The lowest BCUT2D eigenvalue weighted by molar-refractivity contribution is -0.140. The number of nitrogens with two attached hydrogens (primary N) is 1. The molecule has 4 N–H and O–H groups in total. The van der Waals surface area contributed by atoms with Crippen molar-refractivity contribution in [2.24, 2.45) is 23.0 Å². The summed E-state index contributed by atoms with van der Waals surface area (Å²) in [4.78, 5) is 23.1. The van der Waals surface area contributed by atoms with Crippen LogP contribution in [0.1, 0.15) is 39.5 Å². The fraction of sp³-hybridized carbons (Fsp3) is 0.846. The fourth-order valence-electron chi connectivity index (χ4n) is 3.14. The maximum absolute atomic E-state index is 12.1. The van der Waals surface area contributed by atoms with Gasteiger partial charge < -0.3 is 16.2 Å². The van der Waals surface area contributed by atoms with Crippen LogP contribution in [0.4, 0.5) is 0 Å². The molecule has 0 aromatic heterocycles. The third-order valence-corrected chi connectivity index (χ3v) is 4.49. The Morgan fingerprint density at radius 1 is 1.17 bits per heavy atom. The molecule has 1 amide bonds. The molecule has 18 heavy (non-hydrogen) atoms. The molecule has 0 spiro atoms. The van der Waals surface area contributed by atoms with Crippen molar-refractivity contribution in [3.05, 3.63) is 0 Å². The Kier molecular flexibility index (Phi) is 3.36. The van der Waals surface area contributed by atoms with Crippen LogP contribution in [0.3, 0.4) is 0 Å². The first-order chi connectivity index (χ1) is 8.34. The largest absolute Gasteiger partial charge is 0.481 e. The van der Waals surface area contributed by atoms with Gasteiger partial charge in [-0.1, -0.05) is 13.8 Å². The highest BCUT2D eigenvalue weighted by Crippen LogP contribution is 2.58. The number of carboxylic acid groups (broad SMARTS) is 1. The summed E-state index contributed by atoms with van der Waals surface area (Å²) in [5, 5.41) is 12.0. The minimum atomic E-state index is -0.870. The summed E-state index contributed by atoms with van der Waals surface area (Å²) in [6.07, 6.45) is 3.66. The van der Waals surface area contributed by atoms with Crippen LogP contribution in [0.15, 0.2) is 0 Å². The summed E-state index contributed by atoms with van der Waals surface area (Å²) >= 11 is 0. The summed E-state index contributed by atoms with van der Waals surface area (Å²) in [5.41, 5.74) is 5.40. The predicted octanol–water partition coefficient (Wildman–Crippen LogP) is 0.729. The molecular formula is C13H22N2O3. The molecule has 2 saturated carbocycles. The average molecular weight is 254 g/mol. The number of hydrogen-bond acceptors (Lipinski definition) is 3. The molecule has 2 aliphatic rings. The van der Waals surface area contributed by atoms with Gasteiger partial charge >= 0.3 is 5.97 Å². The molecule has 0 bridgehead atoms. The smallest absolute Gasteiger partial charge is 0.307 e. The van der Waals surface area contributed by atoms with E-state index in [9.17, 15) is 9.59 Å². The second-order valence-electron chi connectivity index (χ2n) is 6.24. The molecular weight excluding hydrogens is 232 g/mol. The maximum Gasteiger partial charge on any atom is 0.307 e. The number of amides is 1. The number of nitrogens with one attached hydrogen (secondary N) is 1. The summed E-state index contributed by atoms with van der Waals surface area (Å²) in [6, 6.07) is 0.422. The van der Waals surface area contributed by atoms with Crippen molar-refractivity contribution in [1.29, 1.82) is 0 Å². The van der Waals surface area contributed by atoms with Gasteiger partial charge in [0.15, 0.2) is 0 Å². The van der Waals surface area contributed by atoms with Gasteiger partial charge in [0.1, 0.15) is 0 Å². The van der Waals surface area contributed by atoms with E-state index in [1.165, 1.54) is 0 Å². The summed E-state index contributed by atoms with van der Waals surface area (Å²) < 4.78 is 0. The normalized spacial score (nSPS) is 37.9. The monoisotopic (exact) mass is 254 g/mol. The van der Waals surface area contributed by atoms with Crippen molar-refractivity contribution in [2.45, 2.75) is 51.6 Å². The van der Waals surface area contributed by atoms with Crippen molar-refractivity contribution < 1.29 is 14.7 Å². The van der Waals surface area contributed by atoms with E-state index in [4.69, 9.17) is 10.8 Å². The zero-order valence-electron chi connectivity index (χ0n) is 11.0. The van der Waals surface area contributed by atoms with E-state index in [0.717, 1.165) is 25.7 Å². The zero-order chi connectivity index (χ0) is 13.5. The molecule has 2 aliphatic carbocycles. The third-order valence-electron chi connectivity index (χ3n) is 4.49. The Labute approximate surface area is 107 Å². The van der Waals surface area contributed by atoms with E-state index in [-0.39, 0.29) is 23.9 Å². The highest BCUT2D eigenvalue weighted by atomic mass is 16.4. The van der Waals surface area contributed by atoms with Crippen LogP contribution in [-0.2, 0) is 9.59 Å². The van der Waals surface area contributed by atoms with Crippen LogP contribution >= 0.6 is 0 Å². The van der Waals surface area contributed by atoms with Gasteiger partial charge in [0.2, 0.25) is 5.91 Å². The lowest BCUT2D eigenvalue weighted by Crippen LogP contribution is -2.41. The molecule has 0 radical (unpaired) electrons. The second kappa shape index (κ2) is 4.53. The second-order valence-corrected chi connectivity index (χ2v) is 6.24. The molecule has 0 saturated heterocycles. The van der Waals surface area contributed by atoms with Gasteiger partial charge in [-0.25, -0.2) is 0 Å². The van der Waals surface area contributed by atoms with Crippen molar-refractivity contribution in [1.82, 2.24) is 5.32 Å². The molecule has 5 nitrogen and oxygen atoms in total. The van der Waals surface area contributed by atoms with E-state index in [1.54, 1.807) is 0 Å². The molecule has 5 heteroatoms. The van der Waals surface area contributed by atoms with Crippen LogP contribution in [0, 0.1) is 17.3 Å². The molecule has 102 valence electrons. The lowest BCUT2D eigenvalue weighted by atomic mass is 9.91. The molecule has 2 atom stereocenters. The van der Waals surface area contributed by atoms with Gasteiger partial charge in [0, 0.05) is 12.1 Å². The van der Waals surface area contributed by atoms with Gasteiger partial charge in [-0.05, 0) is 31.1 Å². The van der Waals surface area contributed by atoms with Crippen LogP contribution in [0.2, 0.25) is 0 Å². The number of carboxylic acids is 1. The molecule has 0 heterocycles. The van der Waals surface area contributed by atoms with Gasteiger partial charge in [0.05, 0.1) is 11.8 Å². The average Bonchev–Trinajstić information content (AvgIpc) is 2.85. The first kappa shape index (κ1) is 13.3. The molecule has 0 aliphatic heterocycles. The van der Waals surface area contributed by atoms with Gasteiger partial charge in [-0.15, -0.1) is 0 Å². The quantitative estimate of drug-likeness (QED) is 0.692. The Morgan fingerprint density at radius 2 is 1.72 bits per heavy atom. The van der Waals surface area contributed by atoms with Crippen molar-refractivity contribution in [2.75, 3.05) is 0 Å². The zero-order valence-corrected chi connectivity index (χ0v) is 11.0. The first-order valence-electron chi connectivity index (χ1n) is 6.62. The first-order valence-corrected chi connectivity index (χ1v) is 6.62. The van der Waals surface area contributed by atoms with Crippen molar-refractivity contribution in [3.8, 4) is 0 Å². The highest BCUT2D eigenvalue weighted by molar-refractivity contribution is 5.91. The topological polar surface area (TPSA) is 92.4 Å². The van der Waals surface area contributed by atoms with Crippen LogP contribution < -0.4 is 11.1 Å². The van der Waals surface area contributed by atoms with E-state index in [2.05, 4.69) is 5.32 Å². The SMILES string of the molecule is CC1(C)[C@H](C(=O)O)[C@@H]1C(=O)NC1CCC(N)CC1. The number of aliphatic carboxylic acids is 1. The third kappa shape index (κ3) is 2.36. The summed E-state index contributed by atoms with van der Waals surface area (Å²) in [7, 11) is 0. The maximum atomic E-state index is 12.1. The molecule has 0 aromatic carbocycles.